The standard InChI is InChI=1S/C31H47ClN8O9/c1-30(2,3)48-28(45)38(15-16-40-14-11-33-36-40)19-24(41)34-22-7-8-23(35-26(22)32)27(44)37-12-9-21(10-13-37)47-18-17-39(20-25(42)43)29(46)49-31(4,5)6/h7-8,11,14,21,25,42-43H,9-10,12-13,15-20H2,1-6H3,(H,34,41). The van der Waals surface area contributed by atoms with Crippen molar-refractivity contribution in [1.82, 2.24) is 34.7 Å². The van der Waals surface area contributed by atoms with Crippen molar-refractivity contribution in [3.8, 4) is 0 Å². The Labute approximate surface area is 290 Å². The van der Waals surface area contributed by atoms with Gasteiger partial charge < -0.3 is 39.5 Å². The first-order chi connectivity index (χ1) is 22.9. The number of ether oxygens (including phenoxy) is 3. The van der Waals surface area contributed by atoms with Crippen molar-refractivity contribution in [2.24, 2.45) is 0 Å². The number of carbonyl (C=O) groups is 4. The molecule has 272 valence electrons. The molecule has 0 atom stereocenters. The largest absolute Gasteiger partial charge is 0.444 e. The zero-order valence-corrected chi connectivity index (χ0v) is 29.6. The smallest absolute Gasteiger partial charge is 0.410 e. The highest BCUT2D eigenvalue weighted by molar-refractivity contribution is 6.32. The van der Waals surface area contributed by atoms with Crippen LogP contribution >= 0.6 is 11.6 Å². The van der Waals surface area contributed by atoms with Crippen LogP contribution in [0.25, 0.3) is 0 Å². The lowest BCUT2D eigenvalue weighted by atomic mass is 10.1. The predicted molar refractivity (Wildman–Crippen MR) is 177 cm³/mol. The average Bonchev–Trinajstić information content (AvgIpc) is 3.51. The molecule has 0 saturated carbocycles. The van der Waals surface area contributed by atoms with Gasteiger partial charge in [-0.25, -0.2) is 14.6 Å². The predicted octanol–water partition coefficient (Wildman–Crippen LogP) is 2.37. The minimum absolute atomic E-state index is 0.0913. The number of nitrogens with zero attached hydrogens (tertiary/aromatic N) is 7. The molecule has 3 heterocycles. The lowest BCUT2D eigenvalue weighted by Crippen LogP contribution is -2.44. The maximum atomic E-state index is 13.2. The van der Waals surface area contributed by atoms with Gasteiger partial charge in [-0.3, -0.25) is 19.2 Å². The number of hydrogen-bond donors (Lipinski definition) is 3. The topological polar surface area (TPSA) is 202 Å². The third-order valence-corrected chi connectivity index (χ3v) is 7.17. The molecule has 49 heavy (non-hydrogen) atoms. The van der Waals surface area contributed by atoms with Crippen LogP contribution in [0.1, 0.15) is 64.9 Å². The van der Waals surface area contributed by atoms with E-state index in [2.05, 4.69) is 20.6 Å². The molecule has 0 bridgehead atoms. The highest BCUT2D eigenvalue weighted by Crippen LogP contribution is 2.22. The number of pyridine rings is 1. The molecule has 17 nitrogen and oxygen atoms in total. The average molecular weight is 711 g/mol. The molecule has 2 aromatic rings. The number of hydrogen-bond acceptors (Lipinski definition) is 12. The van der Waals surface area contributed by atoms with Gasteiger partial charge in [-0.15, -0.1) is 5.10 Å². The van der Waals surface area contributed by atoms with Gasteiger partial charge in [0.05, 0.1) is 37.7 Å². The van der Waals surface area contributed by atoms with E-state index < -0.39 is 35.6 Å². The van der Waals surface area contributed by atoms with Crippen LogP contribution in [-0.2, 0) is 25.5 Å². The fourth-order valence-corrected chi connectivity index (χ4v) is 4.85. The number of carbonyl (C=O) groups excluding carboxylic acids is 4. The molecular formula is C31H47ClN8O9. The minimum atomic E-state index is -1.72. The lowest BCUT2D eigenvalue weighted by molar-refractivity contribution is -0.117. The SMILES string of the molecule is CC(C)(C)OC(=O)N(CCn1ccnn1)CC(=O)Nc1ccc(C(=O)N2CCC(OCCN(CC(O)O)C(=O)OC(C)(C)C)CC2)nc1Cl. The Bertz CT molecular complexity index is 1400. The maximum Gasteiger partial charge on any atom is 0.410 e. The van der Waals surface area contributed by atoms with Crippen LogP contribution in [0.2, 0.25) is 5.15 Å². The second kappa shape index (κ2) is 17.6. The Morgan fingerprint density at radius 2 is 1.63 bits per heavy atom. The molecule has 0 radical (unpaired) electrons. The monoisotopic (exact) mass is 710 g/mol. The van der Waals surface area contributed by atoms with E-state index in [0.29, 0.717) is 25.9 Å². The summed E-state index contributed by atoms with van der Waals surface area (Å²) < 4.78 is 18.2. The van der Waals surface area contributed by atoms with Crippen molar-refractivity contribution < 1.29 is 43.6 Å². The number of piperidine rings is 1. The first kappa shape index (κ1) is 39.4. The Morgan fingerprint density at radius 3 is 2.18 bits per heavy atom. The van der Waals surface area contributed by atoms with Crippen molar-refractivity contribution in [3.05, 3.63) is 35.4 Å². The van der Waals surface area contributed by atoms with Crippen molar-refractivity contribution in [2.75, 3.05) is 51.2 Å². The number of rotatable bonds is 13. The molecule has 1 fully saturated rings. The summed E-state index contributed by atoms with van der Waals surface area (Å²) in [5.74, 6) is -0.883. The Morgan fingerprint density at radius 1 is 1.00 bits per heavy atom. The summed E-state index contributed by atoms with van der Waals surface area (Å²) in [4.78, 5) is 59.6. The summed E-state index contributed by atoms with van der Waals surface area (Å²) in [7, 11) is 0. The van der Waals surface area contributed by atoms with Crippen LogP contribution in [0.15, 0.2) is 24.5 Å². The van der Waals surface area contributed by atoms with Crippen molar-refractivity contribution in [1.29, 1.82) is 0 Å². The van der Waals surface area contributed by atoms with Gasteiger partial charge >= 0.3 is 12.2 Å². The second-order valence-corrected chi connectivity index (χ2v) is 13.8. The summed E-state index contributed by atoms with van der Waals surface area (Å²) >= 11 is 6.36. The normalized spacial score (nSPS) is 14.0. The molecule has 3 N–H and O–H groups in total. The van der Waals surface area contributed by atoms with E-state index in [1.807, 2.05) is 0 Å². The Hall–Kier alpha value is -4.06. The van der Waals surface area contributed by atoms with Crippen molar-refractivity contribution in [3.63, 3.8) is 0 Å². The zero-order valence-electron chi connectivity index (χ0n) is 28.8. The maximum absolute atomic E-state index is 13.2. The van der Waals surface area contributed by atoms with E-state index in [-0.39, 0.29) is 67.9 Å². The van der Waals surface area contributed by atoms with E-state index in [9.17, 15) is 29.4 Å². The molecule has 0 spiro atoms. The third kappa shape index (κ3) is 13.8. The van der Waals surface area contributed by atoms with Crippen molar-refractivity contribution in [2.45, 2.75) is 84.5 Å². The molecule has 1 saturated heterocycles. The molecule has 1 aliphatic heterocycles. The molecule has 18 heteroatoms. The first-order valence-corrected chi connectivity index (χ1v) is 16.3. The molecule has 2 aromatic heterocycles. The van der Waals surface area contributed by atoms with Crippen LogP contribution in [0, 0.1) is 0 Å². The molecule has 0 aliphatic carbocycles. The molecule has 0 aromatic carbocycles. The summed E-state index contributed by atoms with van der Waals surface area (Å²) in [6, 6.07) is 2.94. The molecule has 0 unspecified atom stereocenters. The number of nitrogens with one attached hydrogen (secondary N) is 1. The lowest BCUT2D eigenvalue weighted by Gasteiger charge is -2.32. The van der Waals surface area contributed by atoms with Gasteiger partial charge in [0.2, 0.25) is 5.91 Å². The van der Waals surface area contributed by atoms with E-state index >= 15 is 0 Å². The number of likely N-dealkylation sites (tertiary alicyclic amines) is 1. The summed E-state index contributed by atoms with van der Waals surface area (Å²) in [5, 5.41) is 28.9. The number of aromatic nitrogens is 4. The van der Waals surface area contributed by atoms with Gasteiger partial charge in [-0.05, 0) is 66.5 Å². The van der Waals surface area contributed by atoms with Gasteiger partial charge in [0, 0.05) is 32.4 Å². The van der Waals surface area contributed by atoms with Crippen LogP contribution in [0.3, 0.4) is 0 Å². The summed E-state index contributed by atoms with van der Waals surface area (Å²) in [5.41, 5.74) is -1.24. The van der Waals surface area contributed by atoms with Crippen LogP contribution in [-0.4, -0.2) is 138 Å². The molecule has 1 aliphatic rings. The van der Waals surface area contributed by atoms with Gasteiger partial charge in [0.15, 0.2) is 11.4 Å². The van der Waals surface area contributed by atoms with Gasteiger partial charge in [0.25, 0.3) is 5.91 Å². The zero-order chi connectivity index (χ0) is 36.4. The quantitative estimate of drug-likeness (QED) is 0.203. The van der Waals surface area contributed by atoms with E-state index in [1.165, 1.54) is 32.8 Å². The molecule has 3 rings (SSSR count). The van der Waals surface area contributed by atoms with Gasteiger partial charge in [-0.2, -0.15) is 0 Å². The number of anilines is 1. The highest BCUT2D eigenvalue weighted by atomic mass is 35.5. The fraction of sp³-hybridized carbons (Fsp3) is 0.645. The summed E-state index contributed by atoms with van der Waals surface area (Å²) in [6.07, 6.45) is 0.970. The van der Waals surface area contributed by atoms with Crippen LogP contribution in [0.4, 0.5) is 15.3 Å². The van der Waals surface area contributed by atoms with Crippen molar-refractivity contribution >= 4 is 41.3 Å². The number of halogens is 1. The van der Waals surface area contributed by atoms with Crippen LogP contribution < -0.4 is 5.32 Å². The number of amides is 4. The second-order valence-electron chi connectivity index (χ2n) is 13.4. The Balaban J connectivity index is 1.50. The van der Waals surface area contributed by atoms with E-state index in [4.69, 9.17) is 25.8 Å². The number of aliphatic hydroxyl groups excluding tert-OH is 1. The van der Waals surface area contributed by atoms with Gasteiger partial charge in [-0.1, -0.05) is 16.8 Å². The Kier molecular flexibility index (Phi) is 14.1. The molecular weight excluding hydrogens is 664 g/mol. The molecule has 4 amide bonds. The summed E-state index contributed by atoms with van der Waals surface area (Å²) in [6.45, 7) is 11.1. The fourth-order valence-electron chi connectivity index (χ4n) is 4.64. The van der Waals surface area contributed by atoms with Crippen LogP contribution in [0.5, 0.6) is 0 Å². The minimum Gasteiger partial charge on any atom is -0.444 e. The van der Waals surface area contributed by atoms with E-state index in [1.54, 1.807) is 52.6 Å². The number of aliphatic hydroxyl groups is 2. The van der Waals surface area contributed by atoms with E-state index in [0.717, 1.165) is 0 Å². The third-order valence-electron chi connectivity index (χ3n) is 6.88. The highest BCUT2D eigenvalue weighted by Gasteiger charge is 2.28. The first-order valence-electron chi connectivity index (χ1n) is 15.9. The van der Waals surface area contributed by atoms with Gasteiger partial charge in [0.1, 0.15) is 23.4 Å².